The van der Waals surface area contributed by atoms with Gasteiger partial charge in [0.05, 0.1) is 11.6 Å². The van der Waals surface area contributed by atoms with E-state index in [1.165, 1.54) is 19.2 Å². The highest BCUT2D eigenvalue weighted by molar-refractivity contribution is 7.86. The molecule has 0 bridgehead atoms. The Kier molecular flexibility index (Phi) is 8.19. The van der Waals surface area contributed by atoms with Crippen molar-refractivity contribution in [2.75, 3.05) is 13.7 Å². The van der Waals surface area contributed by atoms with Gasteiger partial charge >= 0.3 is 0 Å². The number of aliphatic hydroxyl groups is 4. The van der Waals surface area contributed by atoms with Crippen molar-refractivity contribution in [3.8, 4) is 0 Å². The van der Waals surface area contributed by atoms with E-state index in [1.807, 2.05) is 0 Å². The summed E-state index contributed by atoms with van der Waals surface area (Å²) >= 11 is 5.57. The first-order valence-corrected chi connectivity index (χ1v) is 8.91. The van der Waals surface area contributed by atoms with Crippen LogP contribution in [-0.4, -0.2) is 77.8 Å². The molecule has 1 heterocycles. The van der Waals surface area contributed by atoms with Crippen molar-refractivity contribution in [3.05, 3.63) is 28.8 Å². The molecule has 1 aromatic carbocycles. The van der Waals surface area contributed by atoms with Gasteiger partial charge in [-0.2, -0.15) is 8.42 Å². The molecule has 5 unspecified atom stereocenters. The second-order valence-electron chi connectivity index (χ2n) is 5.34. The standard InChI is InChI=1S/C7H7ClO3S.C7H14O6/c1-5-2-3-7(6(8)4-5)12(9,10)11;1-12-7-6(11)5(10)4(9)3(2-8)13-7/h2-4H,1H3,(H,9,10,11);3-11H,2H2,1H3. The summed E-state index contributed by atoms with van der Waals surface area (Å²) in [6, 6.07) is 4.31. The third-order valence-corrected chi connectivity index (χ3v) is 4.78. The van der Waals surface area contributed by atoms with E-state index >= 15 is 0 Å². The average Bonchev–Trinajstić information content (AvgIpc) is 2.52. The molecule has 0 spiro atoms. The minimum Gasteiger partial charge on any atom is -0.394 e. The van der Waals surface area contributed by atoms with Crippen LogP contribution in [0.2, 0.25) is 5.02 Å². The molecule has 2 rings (SSSR count). The number of hydrogen-bond donors (Lipinski definition) is 5. The Morgan fingerprint density at radius 3 is 2.24 bits per heavy atom. The van der Waals surface area contributed by atoms with Crippen LogP contribution in [0.4, 0.5) is 0 Å². The minimum absolute atomic E-state index is 0.0394. The van der Waals surface area contributed by atoms with Gasteiger partial charge < -0.3 is 29.9 Å². The van der Waals surface area contributed by atoms with E-state index < -0.39 is 47.4 Å². The zero-order chi connectivity index (χ0) is 19.4. The average molecular weight is 401 g/mol. The van der Waals surface area contributed by atoms with Crippen LogP contribution in [0.3, 0.4) is 0 Å². The van der Waals surface area contributed by atoms with E-state index in [-0.39, 0.29) is 9.92 Å². The smallest absolute Gasteiger partial charge is 0.296 e. The third kappa shape index (κ3) is 5.84. The van der Waals surface area contributed by atoms with Crippen LogP contribution >= 0.6 is 11.6 Å². The van der Waals surface area contributed by atoms with Gasteiger partial charge in [0, 0.05) is 7.11 Å². The molecule has 1 fully saturated rings. The van der Waals surface area contributed by atoms with Crippen molar-refractivity contribution in [2.45, 2.75) is 42.5 Å². The highest BCUT2D eigenvalue weighted by Gasteiger charge is 2.43. The number of halogens is 1. The summed E-state index contributed by atoms with van der Waals surface area (Å²) in [6.07, 6.45) is -5.91. The number of hydrogen-bond acceptors (Lipinski definition) is 8. The zero-order valence-corrected chi connectivity index (χ0v) is 15.1. The predicted molar refractivity (Wildman–Crippen MR) is 86.8 cm³/mol. The van der Waals surface area contributed by atoms with Crippen molar-refractivity contribution >= 4 is 21.7 Å². The Morgan fingerprint density at radius 1 is 1.20 bits per heavy atom. The maximum atomic E-state index is 10.6. The molecule has 5 atom stereocenters. The summed E-state index contributed by atoms with van der Waals surface area (Å²) in [5, 5.41) is 36.6. The van der Waals surface area contributed by atoms with Gasteiger partial charge in [0.1, 0.15) is 29.3 Å². The summed E-state index contributed by atoms with van der Waals surface area (Å²) in [4.78, 5) is -0.255. The molecular weight excluding hydrogens is 380 g/mol. The van der Waals surface area contributed by atoms with Gasteiger partial charge in [0.25, 0.3) is 10.1 Å². The molecule has 11 heteroatoms. The molecule has 5 N–H and O–H groups in total. The van der Waals surface area contributed by atoms with Gasteiger partial charge in [-0.15, -0.1) is 0 Å². The lowest BCUT2D eigenvalue weighted by molar-refractivity contribution is -0.294. The lowest BCUT2D eigenvalue weighted by Crippen LogP contribution is -2.58. The fourth-order valence-electron chi connectivity index (χ4n) is 2.08. The van der Waals surface area contributed by atoms with Crippen LogP contribution in [0.5, 0.6) is 0 Å². The number of aliphatic hydroxyl groups excluding tert-OH is 4. The van der Waals surface area contributed by atoms with E-state index in [4.69, 9.17) is 30.7 Å². The largest absolute Gasteiger partial charge is 0.394 e. The zero-order valence-electron chi connectivity index (χ0n) is 13.5. The Hall–Kier alpha value is -0.820. The van der Waals surface area contributed by atoms with Crippen LogP contribution in [-0.2, 0) is 19.6 Å². The van der Waals surface area contributed by atoms with Crippen molar-refractivity contribution in [1.29, 1.82) is 0 Å². The molecule has 0 amide bonds. The van der Waals surface area contributed by atoms with Crippen LogP contribution in [0, 0.1) is 6.92 Å². The predicted octanol–water partition coefficient (Wildman–Crippen LogP) is -0.672. The lowest BCUT2D eigenvalue weighted by Gasteiger charge is -2.38. The molecule has 0 saturated carbocycles. The van der Waals surface area contributed by atoms with Gasteiger partial charge in [-0.3, -0.25) is 4.55 Å². The molecule has 1 aliphatic heterocycles. The fraction of sp³-hybridized carbons (Fsp3) is 0.571. The monoisotopic (exact) mass is 400 g/mol. The molecule has 1 aliphatic rings. The SMILES string of the molecule is COC1OC(CO)C(O)C(O)C1O.Cc1ccc(S(=O)(=O)O)c(Cl)c1. The van der Waals surface area contributed by atoms with Gasteiger partial charge in [-0.05, 0) is 24.6 Å². The van der Waals surface area contributed by atoms with Crippen molar-refractivity contribution in [1.82, 2.24) is 0 Å². The van der Waals surface area contributed by atoms with Gasteiger partial charge in [0.15, 0.2) is 6.29 Å². The second kappa shape index (κ2) is 9.21. The summed E-state index contributed by atoms with van der Waals surface area (Å²) in [5.74, 6) is 0. The van der Waals surface area contributed by atoms with Crippen LogP contribution in [0.25, 0.3) is 0 Å². The Morgan fingerprint density at radius 2 is 1.80 bits per heavy atom. The van der Waals surface area contributed by atoms with E-state index in [9.17, 15) is 23.7 Å². The molecule has 1 aromatic rings. The molecular formula is C14H21ClO9S. The Balaban J connectivity index is 0.000000251. The lowest BCUT2D eigenvalue weighted by atomic mass is 9.99. The molecule has 9 nitrogen and oxygen atoms in total. The summed E-state index contributed by atoms with van der Waals surface area (Å²) in [5.41, 5.74) is 0.840. The second-order valence-corrected chi connectivity index (χ2v) is 7.14. The maximum Gasteiger partial charge on any atom is 0.296 e. The summed E-state index contributed by atoms with van der Waals surface area (Å²) in [6.45, 7) is 1.34. The summed E-state index contributed by atoms with van der Waals surface area (Å²) in [7, 11) is -2.88. The third-order valence-electron chi connectivity index (χ3n) is 3.45. The van der Waals surface area contributed by atoms with E-state index in [0.29, 0.717) is 0 Å². The van der Waals surface area contributed by atoms with Crippen molar-refractivity contribution in [3.63, 3.8) is 0 Å². The van der Waals surface area contributed by atoms with E-state index in [1.54, 1.807) is 13.0 Å². The van der Waals surface area contributed by atoms with E-state index in [0.717, 1.165) is 5.56 Å². The maximum absolute atomic E-state index is 10.6. The number of rotatable bonds is 3. The Labute approximate surface area is 150 Å². The highest BCUT2D eigenvalue weighted by atomic mass is 35.5. The van der Waals surface area contributed by atoms with Gasteiger partial charge in [0.2, 0.25) is 0 Å². The molecule has 1 saturated heterocycles. The molecule has 0 aromatic heterocycles. The number of ether oxygens (including phenoxy) is 2. The summed E-state index contributed by atoms with van der Waals surface area (Å²) < 4.78 is 39.6. The van der Waals surface area contributed by atoms with Crippen molar-refractivity contribution < 1.29 is 42.9 Å². The minimum atomic E-state index is -4.18. The molecule has 0 aliphatic carbocycles. The first-order chi connectivity index (χ1) is 11.5. The molecule has 0 radical (unpaired) electrons. The normalized spacial score (nSPS) is 29.7. The number of aryl methyl sites for hydroxylation is 1. The Bertz CT molecular complexity index is 646. The van der Waals surface area contributed by atoms with Crippen LogP contribution in [0.1, 0.15) is 5.56 Å². The van der Waals surface area contributed by atoms with Gasteiger partial charge in [-0.25, -0.2) is 0 Å². The van der Waals surface area contributed by atoms with Crippen LogP contribution < -0.4 is 0 Å². The first-order valence-electron chi connectivity index (χ1n) is 7.09. The number of methoxy groups -OCH3 is 1. The molecule has 25 heavy (non-hydrogen) atoms. The topological polar surface area (TPSA) is 154 Å². The van der Waals surface area contributed by atoms with Crippen molar-refractivity contribution in [2.24, 2.45) is 0 Å². The quantitative estimate of drug-likeness (QED) is 0.415. The highest BCUT2D eigenvalue weighted by Crippen LogP contribution is 2.22. The first kappa shape index (κ1) is 22.2. The number of benzene rings is 1. The van der Waals surface area contributed by atoms with E-state index in [2.05, 4.69) is 0 Å². The van der Waals surface area contributed by atoms with Crippen LogP contribution in [0.15, 0.2) is 23.1 Å². The fourth-order valence-corrected chi connectivity index (χ4v) is 3.15. The van der Waals surface area contributed by atoms with Gasteiger partial charge in [-0.1, -0.05) is 17.7 Å². The molecule has 144 valence electrons.